The van der Waals surface area contributed by atoms with Gasteiger partial charge in [-0.25, -0.2) is 0 Å². The lowest BCUT2D eigenvalue weighted by Crippen LogP contribution is -2.40. The minimum absolute atomic E-state index is 0.712. The highest BCUT2D eigenvalue weighted by Crippen LogP contribution is 2.12. The molecule has 1 saturated heterocycles. The van der Waals surface area contributed by atoms with Crippen LogP contribution < -0.4 is 5.32 Å². The molecule has 0 amide bonds. The first-order valence-electron chi connectivity index (χ1n) is 6.83. The Balaban J connectivity index is 2.29. The number of nitrogens with one attached hydrogen (secondary N) is 1. The van der Waals surface area contributed by atoms with Crippen molar-refractivity contribution in [2.45, 2.75) is 52.1 Å². The first-order valence-corrected chi connectivity index (χ1v) is 7.98. The third-order valence-corrected chi connectivity index (χ3v) is 4.49. The molecule has 1 rings (SSSR count). The van der Waals surface area contributed by atoms with Crippen LogP contribution in [0.3, 0.4) is 0 Å². The van der Waals surface area contributed by atoms with Crippen molar-refractivity contribution in [2.75, 3.05) is 31.1 Å². The lowest BCUT2D eigenvalue weighted by atomic mass is 10.2. The average molecular weight is 244 g/mol. The Morgan fingerprint density at radius 1 is 1.38 bits per heavy atom. The zero-order chi connectivity index (χ0) is 11.8. The molecule has 1 heterocycles. The highest BCUT2D eigenvalue weighted by Gasteiger charge is 2.20. The molecule has 0 spiro atoms. The van der Waals surface area contributed by atoms with E-state index in [-0.39, 0.29) is 0 Å². The molecule has 0 aromatic carbocycles. The van der Waals surface area contributed by atoms with Gasteiger partial charge in [0.2, 0.25) is 0 Å². The Morgan fingerprint density at radius 3 is 2.88 bits per heavy atom. The third kappa shape index (κ3) is 5.07. The monoisotopic (exact) mass is 244 g/mol. The highest BCUT2D eigenvalue weighted by atomic mass is 32.2. The van der Waals surface area contributed by atoms with Crippen LogP contribution in [-0.4, -0.2) is 48.1 Å². The molecule has 96 valence electrons. The van der Waals surface area contributed by atoms with E-state index in [1.807, 2.05) is 0 Å². The van der Waals surface area contributed by atoms with Gasteiger partial charge in [0, 0.05) is 18.6 Å². The summed E-state index contributed by atoms with van der Waals surface area (Å²) in [7, 11) is 0. The Bertz CT molecular complexity index is 175. The maximum absolute atomic E-state index is 3.65. The van der Waals surface area contributed by atoms with Crippen molar-refractivity contribution in [3.63, 3.8) is 0 Å². The Morgan fingerprint density at radius 2 is 2.19 bits per heavy atom. The van der Waals surface area contributed by atoms with E-state index in [2.05, 4.69) is 42.7 Å². The fourth-order valence-corrected chi connectivity index (χ4v) is 2.93. The van der Waals surface area contributed by atoms with Gasteiger partial charge in [-0.1, -0.05) is 13.8 Å². The van der Waals surface area contributed by atoms with Crippen LogP contribution >= 0.6 is 11.8 Å². The smallest absolute Gasteiger partial charge is 0.0192 e. The van der Waals surface area contributed by atoms with Crippen LogP contribution in [0.5, 0.6) is 0 Å². The van der Waals surface area contributed by atoms with Crippen molar-refractivity contribution >= 4 is 11.8 Å². The molecular weight excluding hydrogens is 216 g/mol. The van der Waals surface area contributed by atoms with Crippen molar-refractivity contribution < 1.29 is 0 Å². The molecule has 1 fully saturated rings. The topological polar surface area (TPSA) is 15.3 Å². The Hall–Kier alpha value is 0.270. The van der Waals surface area contributed by atoms with E-state index in [1.54, 1.807) is 0 Å². The molecule has 0 aromatic rings. The number of nitrogens with zero attached hydrogens (tertiary/aromatic N) is 1. The largest absolute Gasteiger partial charge is 0.313 e. The van der Waals surface area contributed by atoms with E-state index in [0.717, 1.165) is 6.04 Å². The van der Waals surface area contributed by atoms with Crippen molar-refractivity contribution in [3.8, 4) is 0 Å². The minimum Gasteiger partial charge on any atom is -0.313 e. The Labute approximate surface area is 106 Å². The van der Waals surface area contributed by atoms with E-state index in [1.165, 1.54) is 50.4 Å². The summed E-state index contributed by atoms with van der Waals surface area (Å²) < 4.78 is 0. The van der Waals surface area contributed by atoms with Crippen LogP contribution in [0.15, 0.2) is 0 Å². The van der Waals surface area contributed by atoms with E-state index in [9.17, 15) is 0 Å². The molecule has 0 saturated carbocycles. The van der Waals surface area contributed by atoms with Crippen LogP contribution in [-0.2, 0) is 0 Å². The number of hydrogen-bond acceptors (Lipinski definition) is 3. The fourth-order valence-electron chi connectivity index (χ4n) is 2.31. The summed E-state index contributed by atoms with van der Waals surface area (Å²) in [6.45, 7) is 10.6. The quantitative estimate of drug-likeness (QED) is 0.723. The molecule has 2 nitrogen and oxygen atoms in total. The summed E-state index contributed by atoms with van der Waals surface area (Å²) in [6.07, 6.45) is 3.91. The molecule has 2 atom stereocenters. The van der Waals surface area contributed by atoms with Crippen molar-refractivity contribution in [1.82, 2.24) is 10.2 Å². The molecule has 1 N–H and O–H groups in total. The summed E-state index contributed by atoms with van der Waals surface area (Å²) >= 11 is 2.07. The predicted octanol–water partition coefficient (Wildman–Crippen LogP) is 2.59. The summed E-state index contributed by atoms with van der Waals surface area (Å²) in [5, 5.41) is 3.65. The molecule has 0 aliphatic carbocycles. The number of thioether (sulfide) groups is 1. The van der Waals surface area contributed by atoms with Gasteiger partial charge < -0.3 is 5.32 Å². The molecule has 0 radical (unpaired) electrons. The van der Waals surface area contributed by atoms with Crippen molar-refractivity contribution in [1.29, 1.82) is 0 Å². The van der Waals surface area contributed by atoms with E-state index in [0.29, 0.717) is 6.04 Å². The lowest BCUT2D eigenvalue weighted by molar-refractivity contribution is 0.204. The predicted molar refractivity (Wildman–Crippen MR) is 75.3 cm³/mol. The standard InChI is InChI=1S/C13H28N2S/c1-4-13-11-15(9-6-10-16-5-2)12(3)7-8-14-13/h12-14H,4-11H2,1-3H3. The van der Waals surface area contributed by atoms with Gasteiger partial charge in [-0.3, -0.25) is 4.90 Å². The second-order valence-corrected chi connectivity index (χ2v) is 6.14. The van der Waals surface area contributed by atoms with Crippen LogP contribution in [0.25, 0.3) is 0 Å². The van der Waals surface area contributed by atoms with Gasteiger partial charge in [0.1, 0.15) is 0 Å². The first-order chi connectivity index (χ1) is 7.77. The normalized spacial score (nSPS) is 27.9. The molecule has 1 aliphatic rings. The van der Waals surface area contributed by atoms with Gasteiger partial charge in [-0.05, 0) is 50.8 Å². The maximum Gasteiger partial charge on any atom is 0.0192 e. The summed E-state index contributed by atoms with van der Waals surface area (Å²) in [4.78, 5) is 2.68. The van der Waals surface area contributed by atoms with Crippen LogP contribution in [0.2, 0.25) is 0 Å². The second kappa shape index (κ2) is 8.37. The first kappa shape index (κ1) is 14.3. The van der Waals surface area contributed by atoms with Gasteiger partial charge in [0.05, 0.1) is 0 Å². The van der Waals surface area contributed by atoms with Crippen LogP contribution in [0.1, 0.15) is 40.0 Å². The van der Waals surface area contributed by atoms with Crippen molar-refractivity contribution in [3.05, 3.63) is 0 Å². The molecule has 0 aromatic heterocycles. The maximum atomic E-state index is 3.65. The van der Waals surface area contributed by atoms with Gasteiger partial charge >= 0.3 is 0 Å². The molecule has 2 unspecified atom stereocenters. The molecule has 3 heteroatoms. The summed E-state index contributed by atoms with van der Waals surface area (Å²) in [5.74, 6) is 2.58. The van der Waals surface area contributed by atoms with Crippen LogP contribution in [0.4, 0.5) is 0 Å². The molecule has 1 aliphatic heterocycles. The van der Waals surface area contributed by atoms with E-state index < -0.39 is 0 Å². The Kier molecular flexibility index (Phi) is 7.50. The van der Waals surface area contributed by atoms with Gasteiger partial charge in [-0.2, -0.15) is 11.8 Å². The second-order valence-electron chi connectivity index (χ2n) is 4.74. The van der Waals surface area contributed by atoms with Gasteiger partial charge in [-0.15, -0.1) is 0 Å². The third-order valence-electron chi connectivity index (χ3n) is 3.50. The minimum atomic E-state index is 0.712. The SMILES string of the molecule is CCSCCCN1CC(CC)NCCC1C. The zero-order valence-electron chi connectivity index (χ0n) is 11.2. The summed E-state index contributed by atoms with van der Waals surface area (Å²) in [6, 6.07) is 1.47. The molecule has 16 heavy (non-hydrogen) atoms. The highest BCUT2D eigenvalue weighted by molar-refractivity contribution is 7.99. The number of hydrogen-bond donors (Lipinski definition) is 1. The van der Waals surface area contributed by atoms with E-state index in [4.69, 9.17) is 0 Å². The fraction of sp³-hybridized carbons (Fsp3) is 1.00. The van der Waals surface area contributed by atoms with Gasteiger partial charge in [0.15, 0.2) is 0 Å². The van der Waals surface area contributed by atoms with Gasteiger partial charge in [0.25, 0.3) is 0 Å². The zero-order valence-corrected chi connectivity index (χ0v) is 12.0. The van der Waals surface area contributed by atoms with Crippen molar-refractivity contribution in [2.24, 2.45) is 0 Å². The molecule has 0 bridgehead atoms. The summed E-state index contributed by atoms with van der Waals surface area (Å²) in [5.41, 5.74) is 0. The number of rotatable bonds is 6. The lowest BCUT2D eigenvalue weighted by Gasteiger charge is -2.28. The average Bonchev–Trinajstić information content (AvgIpc) is 2.47. The molecular formula is C13H28N2S. The van der Waals surface area contributed by atoms with Crippen LogP contribution in [0, 0.1) is 0 Å². The van der Waals surface area contributed by atoms with E-state index >= 15 is 0 Å².